The van der Waals surface area contributed by atoms with E-state index in [0.29, 0.717) is 12.8 Å². The van der Waals surface area contributed by atoms with Crippen molar-refractivity contribution in [2.45, 2.75) is 57.4 Å². The van der Waals surface area contributed by atoms with Gasteiger partial charge < -0.3 is 25.8 Å². The summed E-state index contributed by atoms with van der Waals surface area (Å²) in [6.45, 7) is 5.23. The minimum Gasteiger partial charge on any atom is -0.445 e. The summed E-state index contributed by atoms with van der Waals surface area (Å²) >= 11 is 0. The second kappa shape index (κ2) is 7.63. The van der Waals surface area contributed by atoms with Gasteiger partial charge in [0.05, 0.1) is 6.04 Å². The van der Waals surface area contributed by atoms with Crippen molar-refractivity contribution in [2.75, 3.05) is 0 Å². The normalized spacial score (nSPS) is 21.9. The number of ether oxygens (including phenoxy) is 2. The number of alkyl carbamates (subject to hydrolysis) is 2. The molecule has 1 aliphatic carbocycles. The van der Waals surface area contributed by atoms with Gasteiger partial charge in [-0.3, -0.25) is 4.79 Å². The highest BCUT2D eigenvalue weighted by atomic mass is 16.6. The lowest BCUT2D eigenvalue weighted by atomic mass is 9.71. The van der Waals surface area contributed by atoms with Crippen LogP contribution in [0.2, 0.25) is 0 Å². The number of amides is 3. The van der Waals surface area contributed by atoms with E-state index in [-0.39, 0.29) is 6.61 Å². The summed E-state index contributed by atoms with van der Waals surface area (Å²) in [6.07, 6.45) is -0.652. The molecular formula is C18H25N3O5. The molecule has 0 aromatic heterocycles. The predicted molar refractivity (Wildman–Crippen MR) is 94.1 cm³/mol. The van der Waals surface area contributed by atoms with Crippen molar-refractivity contribution in [3.8, 4) is 0 Å². The van der Waals surface area contributed by atoms with Gasteiger partial charge >= 0.3 is 12.2 Å². The van der Waals surface area contributed by atoms with Gasteiger partial charge in [0.1, 0.15) is 17.7 Å². The molecule has 1 aromatic rings. The zero-order valence-corrected chi connectivity index (χ0v) is 15.2. The maximum Gasteiger partial charge on any atom is 0.408 e. The van der Waals surface area contributed by atoms with E-state index in [9.17, 15) is 14.4 Å². The first-order chi connectivity index (χ1) is 12.1. The minimum absolute atomic E-state index is 0.0997. The molecule has 2 rings (SSSR count). The van der Waals surface area contributed by atoms with Gasteiger partial charge in [0.25, 0.3) is 0 Å². The molecule has 1 saturated carbocycles. The molecule has 0 unspecified atom stereocenters. The minimum atomic E-state index is -1.38. The van der Waals surface area contributed by atoms with Crippen LogP contribution in [0, 0.1) is 0 Å². The maximum atomic E-state index is 12.0. The molecule has 8 heteroatoms. The van der Waals surface area contributed by atoms with Crippen molar-refractivity contribution in [1.82, 2.24) is 10.6 Å². The van der Waals surface area contributed by atoms with Gasteiger partial charge in [0, 0.05) is 0 Å². The number of nitrogens with one attached hydrogen (secondary N) is 2. The van der Waals surface area contributed by atoms with Crippen LogP contribution in [0.25, 0.3) is 0 Å². The summed E-state index contributed by atoms with van der Waals surface area (Å²) in [5, 5.41) is 5.10. The van der Waals surface area contributed by atoms with Crippen LogP contribution in [0.5, 0.6) is 0 Å². The number of rotatable bonds is 5. The Morgan fingerprint density at radius 1 is 1.19 bits per heavy atom. The molecular weight excluding hydrogens is 338 g/mol. The van der Waals surface area contributed by atoms with Gasteiger partial charge in [-0.05, 0) is 39.2 Å². The summed E-state index contributed by atoms with van der Waals surface area (Å²) in [6, 6.07) is 8.54. The zero-order valence-electron chi connectivity index (χ0n) is 15.2. The largest absolute Gasteiger partial charge is 0.445 e. The van der Waals surface area contributed by atoms with Crippen molar-refractivity contribution in [3.05, 3.63) is 35.9 Å². The third-order valence-electron chi connectivity index (χ3n) is 4.09. The molecule has 1 aromatic carbocycles. The Morgan fingerprint density at radius 2 is 1.85 bits per heavy atom. The SMILES string of the molecule is CC(C)(C)OC(=O)N[C@]1(C(N)=O)CC[C@H]1NC(=O)OCc1ccccc1. The molecule has 0 aliphatic heterocycles. The molecule has 4 N–H and O–H groups in total. The average molecular weight is 363 g/mol. The van der Waals surface area contributed by atoms with Crippen LogP contribution in [0.3, 0.4) is 0 Å². The molecule has 1 aliphatic rings. The Kier molecular flexibility index (Phi) is 5.74. The molecule has 0 spiro atoms. The monoisotopic (exact) mass is 363 g/mol. The van der Waals surface area contributed by atoms with Crippen LogP contribution < -0.4 is 16.4 Å². The first-order valence-corrected chi connectivity index (χ1v) is 8.41. The number of carbonyl (C=O) groups is 3. The summed E-state index contributed by atoms with van der Waals surface area (Å²) < 4.78 is 10.3. The van der Waals surface area contributed by atoms with E-state index in [1.54, 1.807) is 20.8 Å². The summed E-state index contributed by atoms with van der Waals surface area (Å²) in [7, 11) is 0. The molecule has 0 bridgehead atoms. The van der Waals surface area contributed by atoms with E-state index >= 15 is 0 Å². The summed E-state index contributed by atoms with van der Waals surface area (Å²) in [4.78, 5) is 36.0. The maximum absolute atomic E-state index is 12.0. The van der Waals surface area contributed by atoms with Crippen molar-refractivity contribution < 1.29 is 23.9 Å². The van der Waals surface area contributed by atoms with Crippen LogP contribution >= 0.6 is 0 Å². The molecule has 0 radical (unpaired) electrons. The van der Waals surface area contributed by atoms with Crippen LogP contribution in [-0.4, -0.2) is 35.3 Å². The number of nitrogens with two attached hydrogens (primary N) is 1. The van der Waals surface area contributed by atoms with Gasteiger partial charge in [-0.1, -0.05) is 30.3 Å². The quantitative estimate of drug-likeness (QED) is 0.737. The van der Waals surface area contributed by atoms with Crippen molar-refractivity contribution in [2.24, 2.45) is 5.73 Å². The summed E-state index contributed by atoms with van der Waals surface area (Å²) in [5.74, 6) is -0.733. The summed E-state index contributed by atoms with van der Waals surface area (Å²) in [5.41, 5.74) is 4.21. The second-order valence-corrected chi connectivity index (χ2v) is 7.26. The number of benzene rings is 1. The molecule has 1 fully saturated rings. The molecule has 2 atom stereocenters. The Morgan fingerprint density at radius 3 is 2.35 bits per heavy atom. The number of hydrogen-bond donors (Lipinski definition) is 3. The first kappa shape index (κ1) is 19.6. The molecule has 0 saturated heterocycles. The van der Waals surface area contributed by atoms with Crippen molar-refractivity contribution in [1.29, 1.82) is 0 Å². The van der Waals surface area contributed by atoms with E-state index in [4.69, 9.17) is 15.2 Å². The van der Waals surface area contributed by atoms with Crippen LogP contribution in [0.15, 0.2) is 30.3 Å². The van der Waals surface area contributed by atoms with Crippen molar-refractivity contribution in [3.63, 3.8) is 0 Å². The molecule has 3 amide bonds. The third-order valence-corrected chi connectivity index (χ3v) is 4.09. The smallest absolute Gasteiger partial charge is 0.408 e. The number of carbonyl (C=O) groups excluding carboxylic acids is 3. The first-order valence-electron chi connectivity index (χ1n) is 8.41. The van der Waals surface area contributed by atoms with Crippen molar-refractivity contribution >= 4 is 18.1 Å². The van der Waals surface area contributed by atoms with E-state index in [1.807, 2.05) is 30.3 Å². The van der Waals surface area contributed by atoms with E-state index < -0.39 is 35.3 Å². The van der Waals surface area contributed by atoms with Gasteiger partial charge in [0.2, 0.25) is 5.91 Å². The lowest BCUT2D eigenvalue weighted by Crippen LogP contribution is -2.74. The molecule has 8 nitrogen and oxygen atoms in total. The van der Waals surface area contributed by atoms with E-state index in [1.165, 1.54) is 0 Å². The molecule has 26 heavy (non-hydrogen) atoms. The second-order valence-electron chi connectivity index (χ2n) is 7.26. The topological polar surface area (TPSA) is 120 Å². The molecule has 142 valence electrons. The van der Waals surface area contributed by atoms with E-state index in [2.05, 4.69) is 10.6 Å². The van der Waals surface area contributed by atoms with Crippen LogP contribution in [0.1, 0.15) is 39.2 Å². The van der Waals surface area contributed by atoms with E-state index in [0.717, 1.165) is 5.56 Å². The van der Waals surface area contributed by atoms with Crippen LogP contribution in [-0.2, 0) is 20.9 Å². The third kappa shape index (κ3) is 4.87. The molecule has 0 heterocycles. The Labute approximate surface area is 152 Å². The lowest BCUT2D eigenvalue weighted by molar-refractivity contribution is -0.129. The number of primary amides is 1. The van der Waals surface area contributed by atoms with Crippen LogP contribution in [0.4, 0.5) is 9.59 Å². The number of hydrogen-bond acceptors (Lipinski definition) is 5. The standard InChI is InChI=1S/C18H25N3O5/c1-17(2,3)26-16(24)21-18(14(19)22)10-9-13(18)20-15(23)25-11-12-7-5-4-6-8-12/h4-8,13H,9-11H2,1-3H3,(H2,19,22)(H,20,23)(H,21,24)/t13-,18-/m1/s1. The lowest BCUT2D eigenvalue weighted by Gasteiger charge is -2.47. The van der Waals surface area contributed by atoms with Gasteiger partial charge in [-0.15, -0.1) is 0 Å². The van der Waals surface area contributed by atoms with Gasteiger partial charge in [0.15, 0.2) is 0 Å². The Bertz CT molecular complexity index is 671. The zero-order chi connectivity index (χ0) is 19.4. The highest BCUT2D eigenvalue weighted by molar-refractivity contribution is 5.91. The van der Waals surface area contributed by atoms with Gasteiger partial charge in [-0.25, -0.2) is 9.59 Å². The fourth-order valence-corrected chi connectivity index (χ4v) is 2.67. The fourth-order valence-electron chi connectivity index (χ4n) is 2.67. The predicted octanol–water partition coefficient (Wildman–Crippen LogP) is 1.82. The highest BCUT2D eigenvalue weighted by Crippen LogP contribution is 2.33. The Hall–Kier alpha value is -2.77. The van der Waals surface area contributed by atoms with Gasteiger partial charge in [-0.2, -0.15) is 0 Å². The fraction of sp³-hybridized carbons (Fsp3) is 0.500. The Balaban J connectivity index is 1.94. The highest BCUT2D eigenvalue weighted by Gasteiger charge is 2.54. The average Bonchev–Trinajstić information content (AvgIpc) is 2.53.